The molecule has 232 valence electrons. The highest BCUT2D eigenvalue weighted by atomic mass is 16.5. The number of para-hydroxylation sites is 1. The van der Waals surface area contributed by atoms with Gasteiger partial charge < -0.3 is 13.7 Å². The number of benzene rings is 4. The minimum Gasteiger partial charge on any atom is -0.453 e. The molecule has 0 aliphatic heterocycles. The molecule has 0 fully saturated rings. The Morgan fingerprint density at radius 1 is 0.660 bits per heavy atom. The molecule has 0 radical (unpaired) electrons. The fourth-order valence-corrected chi connectivity index (χ4v) is 6.48. The third kappa shape index (κ3) is 4.94. The molecular formula is C42H37N3O2. The summed E-state index contributed by atoms with van der Waals surface area (Å²) in [7, 11) is 0. The van der Waals surface area contributed by atoms with Crippen molar-refractivity contribution in [3.63, 3.8) is 0 Å². The summed E-state index contributed by atoms with van der Waals surface area (Å²) in [6.45, 7) is 13.3. The largest absolute Gasteiger partial charge is 0.453 e. The molecule has 5 nitrogen and oxygen atoms in total. The average Bonchev–Trinajstić information content (AvgIpc) is 3.63. The molecule has 0 N–H and O–H groups in total. The number of pyridine rings is 2. The van der Waals surface area contributed by atoms with Gasteiger partial charge in [-0.15, -0.1) is 0 Å². The lowest BCUT2D eigenvalue weighted by atomic mass is 9.87. The molecule has 0 aliphatic rings. The van der Waals surface area contributed by atoms with Crippen LogP contribution in [0.1, 0.15) is 52.7 Å². The van der Waals surface area contributed by atoms with E-state index >= 15 is 0 Å². The van der Waals surface area contributed by atoms with Crippen LogP contribution in [-0.2, 0) is 10.8 Å². The van der Waals surface area contributed by atoms with Gasteiger partial charge in [-0.05, 0) is 82.6 Å². The first kappa shape index (κ1) is 29.0. The van der Waals surface area contributed by atoms with Gasteiger partial charge in [0, 0.05) is 29.2 Å². The summed E-state index contributed by atoms with van der Waals surface area (Å²) in [6, 6.07) is 35.5. The van der Waals surface area contributed by atoms with E-state index in [-0.39, 0.29) is 10.8 Å². The van der Waals surface area contributed by atoms with E-state index in [0.29, 0.717) is 11.5 Å². The Labute approximate surface area is 274 Å². The first-order valence-corrected chi connectivity index (χ1v) is 16.2. The fraction of sp³-hybridized carbons (Fsp3) is 0.190. The molecule has 4 aromatic heterocycles. The average molecular weight is 616 g/mol. The first-order chi connectivity index (χ1) is 22.6. The molecule has 5 heteroatoms. The summed E-state index contributed by atoms with van der Waals surface area (Å²) in [5.41, 5.74) is 10.9. The molecule has 8 rings (SSSR count). The molecule has 0 saturated heterocycles. The summed E-state index contributed by atoms with van der Waals surface area (Å²) in [4.78, 5) is 9.72. The van der Waals surface area contributed by atoms with Gasteiger partial charge in [-0.1, -0.05) is 84.0 Å². The monoisotopic (exact) mass is 615 g/mol. The Morgan fingerprint density at radius 2 is 1.45 bits per heavy atom. The summed E-state index contributed by atoms with van der Waals surface area (Å²) in [6.07, 6.45) is 3.88. The van der Waals surface area contributed by atoms with E-state index in [1.807, 2.05) is 42.7 Å². The van der Waals surface area contributed by atoms with Crippen molar-refractivity contribution < 1.29 is 9.15 Å². The predicted octanol–water partition coefficient (Wildman–Crippen LogP) is 11.5. The Morgan fingerprint density at radius 3 is 2.19 bits per heavy atom. The maximum absolute atomic E-state index is 6.77. The third-order valence-corrected chi connectivity index (χ3v) is 9.05. The van der Waals surface area contributed by atoms with Crippen molar-refractivity contribution in [2.24, 2.45) is 0 Å². The van der Waals surface area contributed by atoms with Crippen LogP contribution in [0, 0.1) is 0 Å². The van der Waals surface area contributed by atoms with Crippen LogP contribution in [0.5, 0.6) is 11.5 Å². The number of aromatic nitrogens is 3. The van der Waals surface area contributed by atoms with Crippen molar-refractivity contribution in [3.05, 3.63) is 127 Å². The van der Waals surface area contributed by atoms with Crippen molar-refractivity contribution in [1.82, 2.24) is 14.5 Å². The van der Waals surface area contributed by atoms with Crippen LogP contribution in [0.15, 0.2) is 120 Å². The summed E-state index contributed by atoms with van der Waals surface area (Å²) in [5, 5.41) is 2.11. The zero-order valence-corrected chi connectivity index (χ0v) is 27.6. The first-order valence-electron chi connectivity index (χ1n) is 16.2. The van der Waals surface area contributed by atoms with E-state index in [0.717, 1.165) is 61.2 Å². The summed E-state index contributed by atoms with van der Waals surface area (Å²) in [5.74, 6) is 1.35. The van der Waals surface area contributed by atoms with E-state index < -0.39 is 0 Å². The van der Waals surface area contributed by atoms with Crippen molar-refractivity contribution >= 4 is 33.0 Å². The number of rotatable bonds is 5. The second-order valence-corrected chi connectivity index (χ2v) is 14.4. The Hall–Kier alpha value is -5.42. The topological polar surface area (TPSA) is 53.1 Å². The van der Waals surface area contributed by atoms with Crippen molar-refractivity contribution in [2.75, 3.05) is 0 Å². The Bertz CT molecular complexity index is 2380. The zero-order chi connectivity index (χ0) is 32.5. The number of hydrogen-bond acceptors (Lipinski definition) is 4. The quantitative estimate of drug-likeness (QED) is 0.193. The van der Waals surface area contributed by atoms with Crippen molar-refractivity contribution in [1.29, 1.82) is 0 Å². The number of furan rings is 1. The van der Waals surface area contributed by atoms with Crippen LogP contribution in [0.25, 0.3) is 61.2 Å². The van der Waals surface area contributed by atoms with E-state index in [4.69, 9.17) is 19.1 Å². The van der Waals surface area contributed by atoms with Gasteiger partial charge in [0.15, 0.2) is 11.3 Å². The van der Waals surface area contributed by atoms with Crippen molar-refractivity contribution in [2.45, 2.75) is 52.4 Å². The van der Waals surface area contributed by atoms with E-state index in [1.165, 1.54) is 11.1 Å². The third-order valence-electron chi connectivity index (χ3n) is 9.05. The Kier molecular flexibility index (Phi) is 6.52. The lowest BCUT2D eigenvalue weighted by molar-refractivity contribution is 0.477. The second-order valence-electron chi connectivity index (χ2n) is 14.4. The van der Waals surface area contributed by atoms with Crippen LogP contribution in [0.4, 0.5) is 0 Å². The minimum absolute atomic E-state index is 0.0357. The summed E-state index contributed by atoms with van der Waals surface area (Å²) >= 11 is 0. The molecule has 0 amide bonds. The van der Waals surface area contributed by atoms with Gasteiger partial charge in [-0.3, -0.25) is 9.97 Å². The zero-order valence-electron chi connectivity index (χ0n) is 27.6. The maximum atomic E-state index is 6.77. The molecular weight excluding hydrogens is 578 g/mol. The lowest BCUT2D eigenvalue weighted by Gasteiger charge is -2.20. The SMILES string of the molecule is CC(C)(C)c1ccc(-c2cccc(Oc3cc(-c4cc(C(C)(C)C)ccn4)c4c5c3oc3cccc(c35)n4-c3ccccc3)c2)nc1. The molecule has 0 unspecified atom stereocenters. The van der Waals surface area contributed by atoms with Crippen LogP contribution in [-0.4, -0.2) is 14.5 Å². The van der Waals surface area contributed by atoms with Crippen LogP contribution in [0.2, 0.25) is 0 Å². The standard InChI is InChI=1S/C42H37N3O2/c1-41(2,3)27-20-21-43-33(23-27)31-24-36(46-30-15-10-12-26(22-30)32-19-18-28(25-44-32)42(4,5)6)40-38-37-34(16-11-17-35(37)47-40)45(39(31)38)29-13-8-7-9-14-29/h7-25H,1-6H3. The van der Waals surface area contributed by atoms with E-state index in [2.05, 4.69) is 119 Å². The molecule has 0 aliphatic carbocycles. The van der Waals surface area contributed by atoms with Crippen LogP contribution < -0.4 is 4.74 Å². The van der Waals surface area contributed by atoms with Crippen LogP contribution >= 0.6 is 0 Å². The molecule has 8 aromatic rings. The second kappa shape index (κ2) is 10.6. The number of nitrogens with zero attached hydrogens (tertiary/aromatic N) is 3. The molecule has 0 bridgehead atoms. The number of hydrogen-bond donors (Lipinski definition) is 0. The van der Waals surface area contributed by atoms with Gasteiger partial charge >= 0.3 is 0 Å². The molecule has 4 aromatic carbocycles. The smallest absolute Gasteiger partial charge is 0.180 e. The molecule has 4 heterocycles. The maximum Gasteiger partial charge on any atom is 0.180 e. The number of ether oxygens (including phenoxy) is 1. The van der Waals surface area contributed by atoms with Gasteiger partial charge in [0.25, 0.3) is 0 Å². The van der Waals surface area contributed by atoms with Gasteiger partial charge in [-0.25, -0.2) is 0 Å². The fourth-order valence-electron chi connectivity index (χ4n) is 6.48. The molecule has 0 spiro atoms. The molecule has 47 heavy (non-hydrogen) atoms. The lowest BCUT2D eigenvalue weighted by Crippen LogP contribution is -2.11. The summed E-state index contributed by atoms with van der Waals surface area (Å²) < 4.78 is 15.7. The Balaban J connectivity index is 1.34. The minimum atomic E-state index is -0.0357. The normalized spacial score (nSPS) is 12.5. The van der Waals surface area contributed by atoms with E-state index in [9.17, 15) is 0 Å². The van der Waals surface area contributed by atoms with Crippen LogP contribution in [0.3, 0.4) is 0 Å². The van der Waals surface area contributed by atoms with Crippen molar-refractivity contribution in [3.8, 4) is 39.7 Å². The van der Waals surface area contributed by atoms with Gasteiger partial charge in [0.2, 0.25) is 0 Å². The highest BCUT2D eigenvalue weighted by Gasteiger charge is 2.28. The highest BCUT2D eigenvalue weighted by molar-refractivity contribution is 6.26. The highest BCUT2D eigenvalue weighted by Crippen LogP contribution is 2.49. The van der Waals surface area contributed by atoms with E-state index in [1.54, 1.807) is 0 Å². The van der Waals surface area contributed by atoms with Gasteiger partial charge in [0.05, 0.1) is 33.2 Å². The van der Waals surface area contributed by atoms with Gasteiger partial charge in [0.1, 0.15) is 11.3 Å². The van der Waals surface area contributed by atoms with Gasteiger partial charge in [-0.2, -0.15) is 0 Å². The molecule has 0 atom stereocenters. The molecule has 0 saturated carbocycles. The predicted molar refractivity (Wildman–Crippen MR) is 192 cm³/mol.